The van der Waals surface area contributed by atoms with Crippen molar-refractivity contribution in [1.82, 2.24) is 0 Å². The lowest BCUT2D eigenvalue weighted by Crippen LogP contribution is -2.08. The minimum absolute atomic E-state index is 0.0810. The van der Waals surface area contributed by atoms with Gasteiger partial charge in [-0.15, -0.1) is 0 Å². The fourth-order valence-electron chi connectivity index (χ4n) is 0.433. The highest BCUT2D eigenvalue weighted by Gasteiger charge is 2.10. The molecule has 0 heterocycles. The minimum atomic E-state index is -3.84. The van der Waals surface area contributed by atoms with Crippen LogP contribution < -0.4 is 0 Å². The molecule has 0 saturated heterocycles. The second-order valence-electron chi connectivity index (χ2n) is 3.67. The Morgan fingerprint density at radius 3 is 2.08 bits per heavy atom. The van der Waals surface area contributed by atoms with E-state index in [1.807, 2.05) is 20.8 Å². The molecule has 0 unspecified atom stereocenters. The van der Waals surface area contributed by atoms with Crippen LogP contribution in [0.2, 0.25) is 0 Å². The van der Waals surface area contributed by atoms with Crippen LogP contribution >= 0.6 is 0 Å². The Kier molecular flexibility index (Phi) is 4.12. The van der Waals surface area contributed by atoms with Crippen LogP contribution in [0.1, 0.15) is 20.8 Å². The molecule has 0 radical (unpaired) electrons. The molecule has 0 aromatic rings. The third-order valence-corrected chi connectivity index (χ3v) is 1.58. The molecule has 6 nitrogen and oxygen atoms in total. The first-order chi connectivity index (χ1) is 5.77. The van der Waals surface area contributed by atoms with Gasteiger partial charge in [-0.2, -0.15) is 18.6 Å². The van der Waals surface area contributed by atoms with Gasteiger partial charge >= 0.3 is 10.2 Å². The maximum absolute atomic E-state index is 10.8. The van der Waals surface area contributed by atoms with Crippen molar-refractivity contribution in [1.29, 1.82) is 0 Å². The van der Waals surface area contributed by atoms with Gasteiger partial charge in [0.05, 0.1) is 13.6 Å². The van der Waals surface area contributed by atoms with Crippen LogP contribution in [0.25, 0.3) is 0 Å². The number of hydrogen-bond acceptors (Lipinski definition) is 4. The first kappa shape index (κ1) is 12.2. The lowest BCUT2D eigenvalue weighted by atomic mass is 9.98. The molecule has 76 valence electrons. The Labute approximate surface area is 78.4 Å². The Morgan fingerprint density at radius 1 is 1.15 bits per heavy atom. The first-order valence-electron chi connectivity index (χ1n) is 3.72. The van der Waals surface area contributed by atoms with Crippen LogP contribution in [0, 0.1) is 5.41 Å². The van der Waals surface area contributed by atoms with Crippen LogP contribution in [-0.4, -0.2) is 22.0 Å². The fourth-order valence-corrected chi connectivity index (χ4v) is 0.876. The molecule has 0 aliphatic heterocycles. The summed E-state index contributed by atoms with van der Waals surface area (Å²) < 4.78 is 27.6. The summed E-state index contributed by atoms with van der Waals surface area (Å²) in [4.78, 5) is 0. The van der Waals surface area contributed by atoms with E-state index in [2.05, 4.69) is 19.3 Å². The van der Waals surface area contributed by atoms with Gasteiger partial charge in [0.2, 0.25) is 0 Å². The lowest BCUT2D eigenvalue weighted by Gasteiger charge is -2.12. The molecule has 0 bridgehead atoms. The van der Waals surface area contributed by atoms with Crippen molar-refractivity contribution in [2.75, 3.05) is 13.6 Å². The van der Waals surface area contributed by atoms with Crippen LogP contribution in [0.5, 0.6) is 0 Å². The zero-order valence-corrected chi connectivity index (χ0v) is 9.04. The van der Waals surface area contributed by atoms with Gasteiger partial charge in [0.1, 0.15) is 0 Å². The largest absolute Gasteiger partial charge is 0.397 e. The molecular formula is C6H14N4O2S. The summed E-state index contributed by atoms with van der Waals surface area (Å²) in [5.41, 5.74) is -0.0810. The summed E-state index contributed by atoms with van der Waals surface area (Å²) in [6.45, 7) is 6.13. The summed E-state index contributed by atoms with van der Waals surface area (Å²) in [5.74, 6) is 0. The molecule has 0 saturated carbocycles. The molecule has 0 aromatic carbocycles. The van der Waals surface area contributed by atoms with Gasteiger partial charge in [0, 0.05) is 0 Å². The molecular weight excluding hydrogens is 192 g/mol. The predicted octanol–water partition coefficient (Wildman–Crippen LogP) is 1.81. The Bertz CT molecular complexity index is 299. The summed E-state index contributed by atoms with van der Waals surface area (Å²) >= 11 is 0. The van der Waals surface area contributed by atoms with Crippen molar-refractivity contribution >= 4 is 10.2 Å². The summed E-state index contributed by atoms with van der Waals surface area (Å²) in [6, 6.07) is 0. The van der Waals surface area contributed by atoms with Crippen molar-refractivity contribution in [3.05, 3.63) is 0 Å². The van der Waals surface area contributed by atoms with Gasteiger partial charge in [-0.25, -0.2) is 0 Å². The smallest absolute Gasteiger partial charge is 0.179 e. The van der Waals surface area contributed by atoms with Gasteiger partial charge in [0.25, 0.3) is 0 Å². The number of rotatable bonds is 3. The average Bonchev–Trinajstić information content (AvgIpc) is 1.82. The van der Waals surface area contributed by atoms with Crippen molar-refractivity contribution < 1.29 is 8.42 Å². The summed E-state index contributed by atoms with van der Waals surface area (Å²) in [6.07, 6.45) is 0. The van der Waals surface area contributed by atoms with E-state index in [0.717, 1.165) is 0 Å². The summed E-state index contributed by atoms with van der Waals surface area (Å²) in [5, 5.41) is 6.62. The predicted molar refractivity (Wildman–Crippen MR) is 48.9 cm³/mol. The third kappa shape index (κ3) is 7.51. The SMILES string of the molecule is CN=NS(=O)(=O)N=NCC(C)(C)C. The highest BCUT2D eigenvalue weighted by Crippen LogP contribution is 2.13. The van der Waals surface area contributed by atoms with Gasteiger partial charge in [0.15, 0.2) is 0 Å². The van der Waals surface area contributed by atoms with Crippen LogP contribution in [0.15, 0.2) is 19.3 Å². The molecule has 0 rings (SSSR count). The van der Waals surface area contributed by atoms with Crippen molar-refractivity contribution in [3.63, 3.8) is 0 Å². The Morgan fingerprint density at radius 2 is 1.69 bits per heavy atom. The molecule has 0 spiro atoms. The maximum atomic E-state index is 10.8. The van der Waals surface area contributed by atoms with Crippen molar-refractivity contribution in [2.45, 2.75) is 20.8 Å². The van der Waals surface area contributed by atoms with E-state index in [4.69, 9.17) is 0 Å². The van der Waals surface area contributed by atoms with Crippen LogP contribution in [0.3, 0.4) is 0 Å². The Hall–Kier alpha value is -0.850. The molecule has 0 fully saturated rings. The lowest BCUT2D eigenvalue weighted by molar-refractivity contribution is 0.422. The molecule has 0 aliphatic rings. The number of nitrogens with zero attached hydrogens (tertiary/aromatic N) is 4. The normalized spacial score (nSPS) is 14.5. The van der Waals surface area contributed by atoms with Crippen LogP contribution in [-0.2, 0) is 10.2 Å². The van der Waals surface area contributed by atoms with Crippen molar-refractivity contribution in [2.24, 2.45) is 24.7 Å². The van der Waals surface area contributed by atoms with E-state index in [1.165, 1.54) is 7.05 Å². The van der Waals surface area contributed by atoms with E-state index < -0.39 is 10.2 Å². The monoisotopic (exact) mass is 206 g/mol. The molecule has 0 aliphatic carbocycles. The first-order valence-corrected chi connectivity index (χ1v) is 5.11. The second kappa shape index (κ2) is 4.40. The molecule has 13 heavy (non-hydrogen) atoms. The zero-order chi connectivity index (χ0) is 10.5. The van der Waals surface area contributed by atoms with Crippen LogP contribution in [0.4, 0.5) is 0 Å². The Balaban J connectivity index is 4.30. The average molecular weight is 206 g/mol. The zero-order valence-electron chi connectivity index (χ0n) is 8.22. The second-order valence-corrected chi connectivity index (χ2v) is 4.89. The number of hydrogen-bond donors (Lipinski definition) is 0. The van der Waals surface area contributed by atoms with Gasteiger partial charge in [-0.3, -0.25) is 0 Å². The standard InChI is InChI=1S/C6H14N4O2S/c1-6(2,3)5-8-10-13(11,12)9-7-4/h5H2,1-4H3. The molecule has 7 heteroatoms. The van der Waals surface area contributed by atoms with Gasteiger partial charge < -0.3 is 0 Å². The topological polar surface area (TPSA) is 83.6 Å². The quantitative estimate of drug-likeness (QED) is 0.659. The molecule has 0 aromatic heterocycles. The highest BCUT2D eigenvalue weighted by molar-refractivity contribution is 7.88. The van der Waals surface area contributed by atoms with Gasteiger partial charge in [-0.1, -0.05) is 20.8 Å². The van der Waals surface area contributed by atoms with E-state index >= 15 is 0 Å². The molecule has 0 atom stereocenters. The summed E-state index contributed by atoms with van der Waals surface area (Å²) in [7, 11) is -2.58. The minimum Gasteiger partial charge on any atom is -0.179 e. The van der Waals surface area contributed by atoms with E-state index in [9.17, 15) is 8.42 Å². The van der Waals surface area contributed by atoms with E-state index in [1.54, 1.807) is 0 Å². The maximum Gasteiger partial charge on any atom is 0.397 e. The van der Waals surface area contributed by atoms with Crippen molar-refractivity contribution in [3.8, 4) is 0 Å². The van der Waals surface area contributed by atoms with Gasteiger partial charge in [-0.05, 0) is 14.5 Å². The molecule has 0 N–H and O–H groups in total. The van der Waals surface area contributed by atoms with E-state index in [-0.39, 0.29) is 5.41 Å². The molecule has 0 amide bonds. The third-order valence-electron chi connectivity index (χ3n) is 0.891. The fraction of sp³-hybridized carbons (Fsp3) is 1.00. The van der Waals surface area contributed by atoms with E-state index in [0.29, 0.717) is 6.54 Å². The highest BCUT2D eigenvalue weighted by atomic mass is 32.2.